The van der Waals surface area contributed by atoms with Crippen LogP contribution >= 0.6 is 0 Å². The monoisotopic (exact) mass is 334 g/mol. The first-order valence-electron chi connectivity index (χ1n) is 8.97. The zero-order chi connectivity index (χ0) is 17.4. The van der Waals surface area contributed by atoms with Crippen molar-refractivity contribution in [3.8, 4) is 6.07 Å². The van der Waals surface area contributed by atoms with Crippen molar-refractivity contribution in [3.63, 3.8) is 0 Å². The highest BCUT2D eigenvalue weighted by Crippen LogP contribution is 2.47. The minimum atomic E-state index is -0.776. The van der Waals surface area contributed by atoms with Crippen LogP contribution < -0.4 is 4.90 Å². The molecule has 1 aromatic carbocycles. The van der Waals surface area contributed by atoms with Gasteiger partial charge in [0.25, 0.3) is 0 Å². The molecule has 0 amide bonds. The van der Waals surface area contributed by atoms with Crippen molar-refractivity contribution in [1.82, 2.24) is 9.97 Å². The van der Waals surface area contributed by atoms with Crippen LogP contribution in [0.15, 0.2) is 36.4 Å². The maximum absolute atomic E-state index is 11.3. The number of fused-ring (bicyclic) bond motifs is 2. The Kier molecular flexibility index (Phi) is 3.93. The molecule has 5 heteroatoms. The smallest absolute Gasteiger partial charge is 0.146 e. The van der Waals surface area contributed by atoms with Crippen LogP contribution in [0.3, 0.4) is 0 Å². The summed E-state index contributed by atoms with van der Waals surface area (Å²) >= 11 is 0. The summed E-state index contributed by atoms with van der Waals surface area (Å²) in [7, 11) is 0. The van der Waals surface area contributed by atoms with Gasteiger partial charge < -0.3 is 10.0 Å². The molecule has 2 aromatic rings. The van der Waals surface area contributed by atoms with Crippen molar-refractivity contribution in [2.24, 2.45) is 0 Å². The minimum absolute atomic E-state index is 0.245. The second-order valence-corrected chi connectivity index (χ2v) is 7.09. The average molecular weight is 334 g/mol. The molecule has 0 spiro atoms. The first-order valence-corrected chi connectivity index (χ1v) is 8.97. The molecule has 25 heavy (non-hydrogen) atoms. The highest BCUT2D eigenvalue weighted by Gasteiger charge is 2.48. The predicted molar refractivity (Wildman–Crippen MR) is 95.0 cm³/mol. The van der Waals surface area contributed by atoms with Crippen molar-refractivity contribution >= 4 is 5.82 Å². The number of anilines is 1. The van der Waals surface area contributed by atoms with Gasteiger partial charge in [-0.15, -0.1) is 0 Å². The van der Waals surface area contributed by atoms with Gasteiger partial charge in [0.05, 0.1) is 5.60 Å². The van der Waals surface area contributed by atoms with Crippen LogP contribution in [0.25, 0.3) is 0 Å². The first-order chi connectivity index (χ1) is 12.1. The molecule has 2 bridgehead atoms. The summed E-state index contributed by atoms with van der Waals surface area (Å²) in [6.45, 7) is 2.00. The third kappa shape index (κ3) is 2.77. The number of hydrogen-bond donors (Lipinski definition) is 1. The summed E-state index contributed by atoms with van der Waals surface area (Å²) in [5, 5.41) is 20.5. The number of aliphatic hydroxyl groups is 1. The molecule has 1 N–H and O–H groups in total. The fraction of sp³-hybridized carbons (Fsp3) is 0.450. The SMILES string of the molecule is CCc1nc(C#N)cc(N2C3CCC2CC(O)(c2ccccc2)C3)n1. The highest BCUT2D eigenvalue weighted by atomic mass is 16.3. The van der Waals surface area contributed by atoms with Crippen molar-refractivity contribution in [1.29, 1.82) is 5.26 Å². The highest BCUT2D eigenvalue weighted by molar-refractivity contribution is 5.48. The normalized spacial score (nSPS) is 28.0. The number of aromatic nitrogens is 2. The standard InChI is InChI=1S/C20H22N4O/c1-2-18-22-15(13-21)10-19(23-18)24-16-8-9-17(24)12-20(25,11-16)14-6-4-3-5-7-14/h3-7,10,16-17,25H,2,8-9,11-12H2,1H3. The summed E-state index contributed by atoms with van der Waals surface area (Å²) in [6, 6.07) is 14.4. The third-order valence-corrected chi connectivity index (χ3v) is 5.53. The lowest BCUT2D eigenvalue weighted by Crippen LogP contribution is -2.50. The number of hydrogen-bond acceptors (Lipinski definition) is 5. The van der Waals surface area contributed by atoms with Crippen molar-refractivity contribution in [3.05, 3.63) is 53.5 Å². The molecule has 3 heterocycles. The minimum Gasteiger partial charge on any atom is -0.385 e. The van der Waals surface area contributed by atoms with E-state index in [0.29, 0.717) is 30.8 Å². The van der Waals surface area contributed by atoms with Crippen LogP contribution in [-0.2, 0) is 12.0 Å². The van der Waals surface area contributed by atoms with E-state index in [9.17, 15) is 10.4 Å². The summed E-state index contributed by atoms with van der Waals surface area (Å²) in [5.74, 6) is 1.54. The zero-order valence-electron chi connectivity index (χ0n) is 14.4. The van der Waals surface area contributed by atoms with E-state index in [4.69, 9.17) is 0 Å². The number of rotatable bonds is 3. The zero-order valence-corrected chi connectivity index (χ0v) is 14.4. The Bertz CT molecular complexity index is 800. The van der Waals surface area contributed by atoms with Gasteiger partial charge in [-0.1, -0.05) is 37.3 Å². The summed E-state index contributed by atoms with van der Waals surface area (Å²) in [6.07, 6.45) is 4.20. The molecule has 0 saturated carbocycles. The van der Waals surface area contributed by atoms with Gasteiger partial charge in [-0.3, -0.25) is 0 Å². The van der Waals surface area contributed by atoms with Crippen molar-refractivity contribution < 1.29 is 5.11 Å². The van der Waals surface area contributed by atoms with Crippen molar-refractivity contribution in [2.75, 3.05) is 4.90 Å². The number of benzene rings is 1. The molecular formula is C20H22N4O. The maximum atomic E-state index is 11.3. The van der Waals surface area contributed by atoms with E-state index in [0.717, 1.165) is 24.2 Å². The van der Waals surface area contributed by atoms with E-state index in [-0.39, 0.29) is 12.1 Å². The molecule has 1 aromatic heterocycles. The Balaban J connectivity index is 1.67. The van der Waals surface area contributed by atoms with Gasteiger partial charge in [0.2, 0.25) is 0 Å². The maximum Gasteiger partial charge on any atom is 0.146 e. The molecule has 5 nitrogen and oxygen atoms in total. The Labute approximate surface area is 148 Å². The number of nitrogens with zero attached hydrogens (tertiary/aromatic N) is 4. The van der Waals surface area contributed by atoms with Crippen LogP contribution in [0, 0.1) is 11.3 Å². The van der Waals surface area contributed by atoms with Gasteiger partial charge >= 0.3 is 0 Å². The predicted octanol–water partition coefficient (Wildman–Crippen LogP) is 2.93. The fourth-order valence-electron chi connectivity index (χ4n) is 4.41. The van der Waals surface area contributed by atoms with E-state index in [1.807, 2.05) is 37.3 Å². The number of aryl methyl sites for hydroxylation is 1. The van der Waals surface area contributed by atoms with Gasteiger partial charge in [-0.2, -0.15) is 5.26 Å². The van der Waals surface area contributed by atoms with Crippen LogP contribution in [0.4, 0.5) is 5.82 Å². The Morgan fingerprint density at radius 3 is 2.48 bits per heavy atom. The molecule has 2 aliphatic heterocycles. The third-order valence-electron chi connectivity index (χ3n) is 5.53. The van der Waals surface area contributed by atoms with E-state index >= 15 is 0 Å². The largest absolute Gasteiger partial charge is 0.385 e. The van der Waals surface area contributed by atoms with E-state index in [2.05, 4.69) is 20.9 Å². The Hall–Kier alpha value is -2.45. The lowest BCUT2D eigenvalue weighted by Gasteiger charge is -2.44. The second-order valence-electron chi connectivity index (χ2n) is 7.09. The molecule has 2 atom stereocenters. The molecule has 2 saturated heterocycles. The summed E-state index contributed by atoms with van der Waals surface area (Å²) < 4.78 is 0. The fourth-order valence-corrected chi connectivity index (χ4v) is 4.41. The molecule has 4 rings (SSSR count). The van der Waals surface area contributed by atoms with Gasteiger partial charge in [-0.05, 0) is 18.4 Å². The molecule has 128 valence electrons. The van der Waals surface area contributed by atoms with Crippen LogP contribution in [0.5, 0.6) is 0 Å². The lowest BCUT2D eigenvalue weighted by atomic mass is 9.80. The van der Waals surface area contributed by atoms with E-state index in [1.165, 1.54) is 0 Å². The topological polar surface area (TPSA) is 73.0 Å². The second kappa shape index (κ2) is 6.12. The van der Waals surface area contributed by atoms with Gasteiger partial charge in [0.15, 0.2) is 0 Å². The van der Waals surface area contributed by atoms with Gasteiger partial charge in [-0.25, -0.2) is 9.97 Å². The molecule has 2 unspecified atom stereocenters. The van der Waals surface area contributed by atoms with Crippen LogP contribution in [-0.4, -0.2) is 27.2 Å². The average Bonchev–Trinajstić information content (AvgIpc) is 2.94. The first kappa shape index (κ1) is 16.0. The van der Waals surface area contributed by atoms with Gasteiger partial charge in [0, 0.05) is 37.4 Å². The lowest BCUT2D eigenvalue weighted by molar-refractivity contribution is -0.00319. The van der Waals surface area contributed by atoms with Gasteiger partial charge in [0.1, 0.15) is 23.4 Å². The quantitative estimate of drug-likeness (QED) is 0.934. The summed E-state index contributed by atoms with van der Waals surface area (Å²) in [5.41, 5.74) is 0.647. The van der Waals surface area contributed by atoms with Crippen LogP contribution in [0.2, 0.25) is 0 Å². The molecule has 2 aliphatic rings. The van der Waals surface area contributed by atoms with Crippen LogP contribution in [0.1, 0.15) is 49.7 Å². The van der Waals surface area contributed by atoms with E-state index in [1.54, 1.807) is 6.07 Å². The Morgan fingerprint density at radius 2 is 1.88 bits per heavy atom. The molecular weight excluding hydrogens is 312 g/mol. The molecule has 0 aliphatic carbocycles. The molecule has 2 fully saturated rings. The molecule has 0 radical (unpaired) electrons. The number of nitriles is 1. The Morgan fingerprint density at radius 1 is 1.20 bits per heavy atom. The van der Waals surface area contributed by atoms with E-state index < -0.39 is 5.60 Å². The van der Waals surface area contributed by atoms with Crippen molar-refractivity contribution in [2.45, 2.75) is 56.7 Å². The summed E-state index contributed by atoms with van der Waals surface area (Å²) in [4.78, 5) is 11.2. The number of piperidine rings is 1.